The highest BCUT2D eigenvalue weighted by atomic mass is 16.5. The van der Waals surface area contributed by atoms with E-state index in [1.165, 1.54) is 19.1 Å². The van der Waals surface area contributed by atoms with Crippen LogP contribution in [0.3, 0.4) is 0 Å². The number of hydrogen-bond donors (Lipinski definition) is 3. The summed E-state index contributed by atoms with van der Waals surface area (Å²) in [6.07, 6.45) is 1.95. The van der Waals surface area contributed by atoms with E-state index in [0.717, 1.165) is 16.5 Å². The second-order valence-corrected chi connectivity index (χ2v) is 7.52. The largest absolute Gasteiger partial charge is 0.493 e. The number of nitrogens with one attached hydrogen (secondary N) is 3. The molecule has 166 valence electrons. The smallest absolute Gasteiger partial charge is 0.243 e. The fourth-order valence-corrected chi connectivity index (χ4v) is 3.85. The van der Waals surface area contributed by atoms with E-state index < -0.39 is 11.8 Å². The number of hydrazine groups is 1. The van der Waals surface area contributed by atoms with Gasteiger partial charge in [-0.25, -0.2) is 0 Å². The fraction of sp³-hybridized carbons (Fsp3) is 0.261. The number of carbonyl (C=O) groups is 3. The number of rotatable bonds is 6. The Hall–Kier alpha value is -4.01. The van der Waals surface area contributed by atoms with Crippen molar-refractivity contribution < 1.29 is 23.9 Å². The van der Waals surface area contributed by atoms with Gasteiger partial charge in [0.15, 0.2) is 11.5 Å². The molecule has 0 saturated carbocycles. The summed E-state index contributed by atoms with van der Waals surface area (Å²) in [7, 11) is 3.05. The summed E-state index contributed by atoms with van der Waals surface area (Å²) in [5, 5.41) is 0.959. The van der Waals surface area contributed by atoms with E-state index in [1.807, 2.05) is 24.3 Å². The number of benzene rings is 2. The Bertz CT molecular complexity index is 1170. The van der Waals surface area contributed by atoms with E-state index in [9.17, 15) is 14.4 Å². The van der Waals surface area contributed by atoms with Crippen molar-refractivity contribution in [3.63, 3.8) is 0 Å². The molecule has 3 aromatic rings. The molecule has 1 aliphatic rings. The van der Waals surface area contributed by atoms with E-state index in [0.29, 0.717) is 17.2 Å². The maximum Gasteiger partial charge on any atom is 0.243 e. The molecule has 0 radical (unpaired) electrons. The molecule has 1 atom stereocenters. The number of hydrogen-bond acceptors (Lipinski definition) is 5. The van der Waals surface area contributed by atoms with Crippen LogP contribution in [0.4, 0.5) is 5.69 Å². The van der Waals surface area contributed by atoms with Crippen molar-refractivity contribution in [2.24, 2.45) is 5.92 Å². The second kappa shape index (κ2) is 9.01. The lowest BCUT2D eigenvalue weighted by molar-refractivity contribution is -0.131. The van der Waals surface area contributed by atoms with Gasteiger partial charge in [-0.15, -0.1) is 0 Å². The van der Waals surface area contributed by atoms with Gasteiger partial charge in [0.2, 0.25) is 17.7 Å². The summed E-state index contributed by atoms with van der Waals surface area (Å²) in [6.45, 7) is 0.207. The minimum Gasteiger partial charge on any atom is -0.493 e. The molecule has 0 spiro atoms. The molecule has 9 heteroatoms. The van der Waals surface area contributed by atoms with Gasteiger partial charge in [-0.1, -0.05) is 18.2 Å². The Morgan fingerprint density at radius 3 is 2.66 bits per heavy atom. The van der Waals surface area contributed by atoms with Crippen LogP contribution in [0.15, 0.2) is 48.7 Å². The van der Waals surface area contributed by atoms with Crippen molar-refractivity contribution in [3.8, 4) is 11.5 Å². The molecular weight excluding hydrogens is 412 g/mol. The zero-order valence-corrected chi connectivity index (χ0v) is 17.8. The van der Waals surface area contributed by atoms with E-state index in [1.54, 1.807) is 24.4 Å². The first kappa shape index (κ1) is 21.2. The van der Waals surface area contributed by atoms with Crippen LogP contribution in [0.1, 0.15) is 12.0 Å². The summed E-state index contributed by atoms with van der Waals surface area (Å²) >= 11 is 0. The number of aromatic amines is 1. The van der Waals surface area contributed by atoms with Crippen molar-refractivity contribution >= 4 is 34.3 Å². The van der Waals surface area contributed by atoms with Gasteiger partial charge in [-0.05, 0) is 23.8 Å². The van der Waals surface area contributed by atoms with Crippen LogP contribution in [-0.4, -0.2) is 43.5 Å². The number of amides is 3. The maximum absolute atomic E-state index is 12.6. The zero-order valence-electron chi connectivity index (χ0n) is 17.8. The first-order valence-electron chi connectivity index (χ1n) is 10.2. The summed E-state index contributed by atoms with van der Waals surface area (Å²) in [5.74, 6) is -0.463. The Kier molecular flexibility index (Phi) is 5.98. The van der Waals surface area contributed by atoms with Crippen LogP contribution in [0, 0.1) is 5.92 Å². The maximum atomic E-state index is 12.6. The lowest BCUT2D eigenvalue weighted by atomic mass is 10.1. The summed E-state index contributed by atoms with van der Waals surface area (Å²) in [4.78, 5) is 42.0. The number of methoxy groups -OCH3 is 2. The number of anilines is 1. The molecule has 3 amide bonds. The zero-order chi connectivity index (χ0) is 22.7. The third-order valence-corrected chi connectivity index (χ3v) is 5.53. The van der Waals surface area contributed by atoms with Crippen LogP contribution >= 0.6 is 0 Å². The molecule has 1 fully saturated rings. The Labute approximate surface area is 184 Å². The molecular formula is C23H24N4O5. The van der Waals surface area contributed by atoms with Crippen molar-refractivity contribution in [2.75, 3.05) is 25.7 Å². The first-order valence-corrected chi connectivity index (χ1v) is 10.2. The number of para-hydroxylation sites is 1. The van der Waals surface area contributed by atoms with Crippen LogP contribution in [0.25, 0.3) is 10.9 Å². The SMILES string of the molecule is COc1ccc(N2CC(C(=O)NNC(=O)Cc3c[nH]c4ccccc34)CC2=O)cc1OC. The molecule has 32 heavy (non-hydrogen) atoms. The Morgan fingerprint density at radius 1 is 1.09 bits per heavy atom. The highest BCUT2D eigenvalue weighted by molar-refractivity contribution is 6.01. The predicted octanol–water partition coefficient (Wildman–Crippen LogP) is 1.93. The molecule has 1 aliphatic heterocycles. The third-order valence-electron chi connectivity index (χ3n) is 5.53. The average molecular weight is 436 g/mol. The monoisotopic (exact) mass is 436 g/mol. The van der Waals surface area contributed by atoms with Crippen LogP contribution in [-0.2, 0) is 20.8 Å². The number of aromatic nitrogens is 1. The van der Waals surface area contributed by atoms with Gasteiger partial charge in [0.25, 0.3) is 0 Å². The average Bonchev–Trinajstić information content (AvgIpc) is 3.40. The van der Waals surface area contributed by atoms with Crippen molar-refractivity contribution in [1.29, 1.82) is 0 Å². The number of ether oxygens (including phenoxy) is 2. The van der Waals surface area contributed by atoms with Gasteiger partial charge < -0.3 is 19.4 Å². The first-order chi connectivity index (χ1) is 15.5. The fourth-order valence-electron chi connectivity index (χ4n) is 3.85. The number of fused-ring (bicyclic) bond motifs is 1. The van der Waals surface area contributed by atoms with Gasteiger partial charge in [0, 0.05) is 41.8 Å². The number of nitrogens with zero attached hydrogens (tertiary/aromatic N) is 1. The van der Waals surface area contributed by atoms with Crippen LogP contribution in [0.5, 0.6) is 11.5 Å². The molecule has 3 N–H and O–H groups in total. The quantitative estimate of drug-likeness (QED) is 0.511. The molecule has 2 aromatic carbocycles. The summed E-state index contributed by atoms with van der Waals surface area (Å²) in [5.41, 5.74) is 7.29. The highest BCUT2D eigenvalue weighted by Crippen LogP contribution is 2.34. The van der Waals surface area contributed by atoms with E-state index in [4.69, 9.17) is 9.47 Å². The normalized spacial score (nSPS) is 15.6. The van der Waals surface area contributed by atoms with Gasteiger partial charge in [-0.3, -0.25) is 25.2 Å². The lowest BCUT2D eigenvalue weighted by Gasteiger charge is -2.18. The standard InChI is InChI=1S/C23H24N4O5/c1-31-19-8-7-16(11-20(19)32-2)27-13-15(10-22(27)29)23(30)26-25-21(28)9-14-12-24-18-6-4-3-5-17(14)18/h3-8,11-12,15,24H,9-10,13H2,1-2H3,(H,25,28)(H,26,30). The molecule has 1 saturated heterocycles. The van der Waals surface area contributed by atoms with Crippen molar-refractivity contribution in [2.45, 2.75) is 12.8 Å². The number of H-pyrrole nitrogens is 1. The molecule has 0 aliphatic carbocycles. The Balaban J connectivity index is 1.34. The molecule has 0 bridgehead atoms. The molecule has 1 unspecified atom stereocenters. The van der Waals surface area contributed by atoms with Gasteiger partial charge in [0.1, 0.15) is 0 Å². The third kappa shape index (κ3) is 4.22. The highest BCUT2D eigenvalue weighted by Gasteiger charge is 2.35. The van der Waals surface area contributed by atoms with Gasteiger partial charge >= 0.3 is 0 Å². The predicted molar refractivity (Wildman–Crippen MR) is 118 cm³/mol. The van der Waals surface area contributed by atoms with E-state index >= 15 is 0 Å². The molecule has 9 nitrogen and oxygen atoms in total. The second-order valence-electron chi connectivity index (χ2n) is 7.52. The molecule has 1 aromatic heterocycles. The van der Waals surface area contributed by atoms with Gasteiger partial charge in [-0.2, -0.15) is 0 Å². The van der Waals surface area contributed by atoms with Gasteiger partial charge in [0.05, 0.1) is 26.6 Å². The summed E-state index contributed by atoms with van der Waals surface area (Å²) < 4.78 is 10.5. The number of carbonyl (C=O) groups excluding carboxylic acids is 3. The molecule has 4 rings (SSSR count). The van der Waals surface area contributed by atoms with Crippen LogP contribution in [0.2, 0.25) is 0 Å². The van der Waals surface area contributed by atoms with Crippen molar-refractivity contribution in [3.05, 3.63) is 54.2 Å². The van der Waals surface area contributed by atoms with Crippen molar-refractivity contribution in [1.82, 2.24) is 15.8 Å². The minimum atomic E-state index is -0.580. The van der Waals surface area contributed by atoms with E-state index in [2.05, 4.69) is 15.8 Å². The van der Waals surface area contributed by atoms with Crippen LogP contribution < -0.4 is 25.2 Å². The minimum absolute atomic E-state index is 0.0541. The topological polar surface area (TPSA) is 113 Å². The van der Waals surface area contributed by atoms with E-state index in [-0.39, 0.29) is 31.2 Å². The molecule has 2 heterocycles. The summed E-state index contributed by atoms with van der Waals surface area (Å²) in [6, 6.07) is 12.8. The Morgan fingerprint density at radius 2 is 1.88 bits per heavy atom. The lowest BCUT2D eigenvalue weighted by Crippen LogP contribution is -2.45.